The van der Waals surface area contributed by atoms with Crippen LogP contribution in [-0.4, -0.2) is 15.8 Å². The first kappa shape index (κ1) is 11.9. The molecule has 0 saturated carbocycles. The Morgan fingerprint density at radius 2 is 2.00 bits per heavy atom. The molecule has 94 valence electrons. The smallest absolute Gasteiger partial charge is 0.152 e. The minimum atomic E-state index is 0.664. The Morgan fingerprint density at radius 3 is 2.74 bits per heavy atom. The molecule has 0 N–H and O–H groups in total. The second kappa shape index (κ2) is 4.86. The molecule has 1 aromatic carbocycles. The van der Waals surface area contributed by atoms with E-state index in [1.165, 1.54) is 0 Å². The Balaban J connectivity index is 2.05. The third kappa shape index (κ3) is 2.25. The lowest BCUT2D eigenvalue weighted by molar-refractivity contribution is 0.112. The summed E-state index contributed by atoms with van der Waals surface area (Å²) in [5.74, 6) is 0. The van der Waals surface area contributed by atoms with E-state index in [4.69, 9.17) is 11.6 Å². The van der Waals surface area contributed by atoms with Crippen LogP contribution in [0.1, 0.15) is 15.9 Å². The minimum absolute atomic E-state index is 0.664. The summed E-state index contributed by atoms with van der Waals surface area (Å²) < 4.78 is 1.97. The first-order valence-electron chi connectivity index (χ1n) is 5.91. The van der Waals surface area contributed by atoms with Gasteiger partial charge < -0.3 is 4.57 Å². The zero-order valence-electron chi connectivity index (χ0n) is 10.1. The molecule has 0 unspecified atom stereocenters. The Morgan fingerprint density at radius 1 is 1.21 bits per heavy atom. The van der Waals surface area contributed by atoms with Crippen LogP contribution >= 0.6 is 11.6 Å². The lowest BCUT2D eigenvalue weighted by atomic mass is 10.2. The van der Waals surface area contributed by atoms with Gasteiger partial charge in [0.2, 0.25) is 0 Å². The molecule has 0 amide bonds. The van der Waals surface area contributed by atoms with E-state index in [2.05, 4.69) is 4.98 Å². The largest absolute Gasteiger partial charge is 0.327 e. The highest BCUT2D eigenvalue weighted by Crippen LogP contribution is 2.19. The number of hydrogen-bond acceptors (Lipinski definition) is 2. The fourth-order valence-corrected chi connectivity index (χ4v) is 2.28. The number of rotatable bonds is 3. The van der Waals surface area contributed by atoms with E-state index in [0.717, 1.165) is 22.9 Å². The summed E-state index contributed by atoms with van der Waals surface area (Å²) in [4.78, 5) is 15.4. The number of nitrogens with zero attached hydrogens (tertiary/aromatic N) is 2. The van der Waals surface area contributed by atoms with E-state index in [1.807, 2.05) is 47.2 Å². The van der Waals surface area contributed by atoms with Crippen molar-refractivity contribution >= 4 is 28.9 Å². The van der Waals surface area contributed by atoms with E-state index >= 15 is 0 Å². The summed E-state index contributed by atoms with van der Waals surface area (Å²) >= 11 is 5.87. The highest BCUT2D eigenvalue weighted by Gasteiger charge is 2.08. The molecule has 19 heavy (non-hydrogen) atoms. The van der Waals surface area contributed by atoms with Crippen LogP contribution < -0.4 is 0 Å². The standard InChI is InChI=1S/C15H11ClN2O/c16-13-5-3-11(4-6-13)8-18-9-12(10-19)14-2-1-7-17-15(14)18/h1-7,9-10H,8H2. The number of pyridine rings is 1. The molecule has 2 aromatic heterocycles. The first-order chi connectivity index (χ1) is 9.28. The van der Waals surface area contributed by atoms with Gasteiger partial charge in [0.25, 0.3) is 0 Å². The molecule has 3 nitrogen and oxygen atoms in total. The van der Waals surface area contributed by atoms with Gasteiger partial charge in [0.15, 0.2) is 6.29 Å². The van der Waals surface area contributed by atoms with E-state index in [9.17, 15) is 4.79 Å². The van der Waals surface area contributed by atoms with Crippen molar-refractivity contribution in [1.82, 2.24) is 9.55 Å². The predicted molar refractivity (Wildman–Crippen MR) is 75.7 cm³/mol. The van der Waals surface area contributed by atoms with Crippen LogP contribution in [0, 0.1) is 0 Å². The maximum Gasteiger partial charge on any atom is 0.152 e. The third-order valence-electron chi connectivity index (χ3n) is 3.06. The van der Waals surface area contributed by atoms with Gasteiger partial charge in [-0.15, -0.1) is 0 Å². The van der Waals surface area contributed by atoms with Crippen LogP contribution in [0.3, 0.4) is 0 Å². The fourth-order valence-electron chi connectivity index (χ4n) is 2.15. The van der Waals surface area contributed by atoms with Gasteiger partial charge in [0.05, 0.1) is 0 Å². The zero-order chi connectivity index (χ0) is 13.2. The lowest BCUT2D eigenvalue weighted by Gasteiger charge is -2.04. The van der Waals surface area contributed by atoms with Crippen LogP contribution in [0.4, 0.5) is 0 Å². The van der Waals surface area contributed by atoms with Crippen molar-refractivity contribution in [2.24, 2.45) is 0 Å². The van der Waals surface area contributed by atoms with Gasteiger partial charge in [-0.25, -0.2) is 4.98 Å². The van der Waals surface area contributed by atoms with Crippen molar-refractivity contribution in [3.05, 3.63) is 64.9 Å². The highest BCUT2D eigenvalue weighted by atomic mass is 35.5. The van der Waals surface area contributed by atoms with Gasteiger partial charge in [-0.3, -0.25) is 4.79 Å². The minimum Gasteiger partial charge on any atom is -0.327 e. The average Bonchev–Trinajstić information content (AvgIpc) is 2.80. The second-order valence-corrected chi connectivity index (χ2v) is 4.77. The number of aldehydes is 1. The number of fused-ring (bicyclic) bond motifs is 1. The summed E-state index contributed by atoms with van der Waals surface area (Å²) in [5, 5.41) is 1.60. The molecular formula is C15H11ClN2O. The van der Waals surface area contributed by atoms with Crippen molar-refractivity contribution in [3.8, 4) is 0 Å². The molecule has 0 aliphatic carbocycles. The molecule has 0 saturated heterocycles. The van der Waals surface area contributed by atoms with Crippen LogP contribution in [0.2, 0.25) is 5.02 Å². The van der Waals surface area contributed by atoms with Crippen molar-refractivity contribution < 1.29 is 4.79 Å². The Kier molecular flexibility index (Phi) is 3.05. The SMILES string of the molecule is O=Cc1cn(Cc2ccc(Cl)cc2)c2ncccc12. The first-order valence-corrected chi connectivity index (χ1v) is 6.29. The number of aromatic nitrogens is 2. The van der Waals surface area contributed by atoms with Crippen molar-refractivity contribution in [3.63, 3.8) is 0 Å². The normalized spacial score (nSPS) is 10.8. The molecule has 2 heterocycles. The number of hydrogen-bond donors (Lipinski definition) is 0. The van der Waals surface area contributed by atoms with Gasteiger partial charge in [0.1, 0.15) is 5.65 Å². The van der Waals surface area contributed by atoms with Gasteiger partial charge in [-0.1, -0.05) is 23.7 Å². The van der Waals surface area contributed by atoms with Gasteiger partial charge in [-0.2, -0.15) is 0 Å². The molecule has 4 heteroatoms. The molecule has 0 aliphatic heterocycles. The molecule has 3 rings (SSSR count). The molecule has 0 atom stereocenters. The van der Waals surface area contributed by atoms with Crippen molar-refractivity contribution in [1.29, 1.82) is 0 Å². The Bertz CT molecular complexity index is 731. The Labute approximate surface area is 115 Å². The maximum atomic E-state index is 11.1. The number of halogens is 1. The maximum absolute atomic E-state index is 11.1. The van der Waals surface area contributed by atoms with Gasteiger partial charge in [0, 0.05) is 34.9 Å². The van der Waals surface area contributed by atoms with Gasteiger partial charge >= 0.3 is 0 Å². The molecular weight excluding hydrogens is 260 g/mol. The van der Waals surface area contributed by atoms with Crippen molar-refractivity contribution in [2.75, 3.05) is 0 Å². The van der Waals surface area contributed by atoms with E-state index < -0.39 is 0 Å². The zero-order valence-corrected chi connectivity index (χ0v) is 10.8. The van der Waals surface area contributed by atoms with Crippen molar-refractivity contribution in [2.45, 2.75) is 6.54 Å². The number of carbonyl (C=O) groups excluding carboxylic acids is 1. The molecule has 3 aromatic rings. The van der Waals surface area contributed by atoms with Gasteiger partial charge in [-0.05, 0) is 29.8 Å². The molecule has 0 fully saturated rings. The molecule has 0 radical (unpaired) electrons. The van der Waals surface area contributed by atoms with Crippen LogP contribution in [-0.2, 0) is 6.54 Å². The lowest BCUT2D eigenvalue weighted by Crippen LogP contribution is -1.98. The monoisotopic (exact) mass is 270 g/mol. The molecule has 0 spiro atoms. The number of benzene rings is 1. The highest BCUT2D eigenvalue weighted by molar-refractivity contribution is 6.30. The summed E-state index contributed by atoms with van der Waals surface area (Å²) in [6, 6.07) is 11.4. The average molecular weight is 271 g/mol. The van der Waals surface area contributed by atoms with E-state index in [1.54, 1.807) is 6.20 Å². The third-order valence-corrected chi connectivity index (χ3v) is 3.31. The Hall–Kier alpha value is -2.13. The summed E-state index contributed by atoms with van der Waals surface area (Å²) in [7, 11) is 0. The van der Waals surface area contributed by atoms with Crippen LogP contribution in [0.15, 0.2) is 48.8 Å². The molecule has 0 aliphatic rings. The second-order valence-electron chi connectivity index (χ2n) is 4.33. The number of carbonyl (C=O) groups is 1. The van der Waals surface area contributed by atoms with E-state index in [-0.39, 0.29) is 0 Å². The van der Waals surface area contributed by atoms with Crippen LogP contribution in [0.5, 0.6) is 0 Å². The predicted octanol–water partition coefficient (Wildman–Crippen LogP) is 3.55. The van der Waals surface area contributed by atoms with Crippen LogP contribution in [0.25, 0.3) is 11.0 Å². The molecule has 0 bridgehead atoms. The summed E-state index contributed by atoms with van der Waals surface area (Å²) in [6.07, 6.45) is 4.43. The summed E-state index contributed by atoms with van der Waals surface area (Å²) in [5.41, 5.74) is 2.60. The van der Waals surface area contributed by atoms with E-state index in [0.29, 0.717) is 17.1 Å². The topological polar surface area (TPSA) is 34.9 Å². The fraction of sp³-hybridized carbons (Fsp3) is 0.0667. The quantitative estimate of drug-likeness (QED) is 0.682. The summed E-state index contributed by atoms with van der Waals surface area (Å²) in [6.45, 7) is 0.665.